The largest absolute Gasteiger partial charge is 0.497 e. The van der Waals surface area contributed by atoms with Crippen LogP contribution in [0.25, 0.3) is 0 Å². The number of ketones is 1. The van der Waals surface area contributed by atoms with Crippen LogP contribution in [0.5, 0.6) is 5.75 Å². The minimum absolute atomic E-state index is 0.0825. The van der Waals surface area contributed by atoms with Crippen molar-refractivity contribution in [3.05, 3.63) is 29.8 Å². The summed E-state index contributed by atoms with van der Waals surface area (Å²) in [5, 5.41) is 14.2. The molecule has 204 valence electrons. The summed E-state index contributed by atoms with van der Waals surface area (Å²) >= 11 is 0. The van der Waals surface area contributed by atoms with E-state index in [0.29, 0.717) is 12.2 Å². The third kappa shape index (κ3) is 5.74. The van der Waals surface area contributed by atoms with Gasteiger partial charge in [0.2, 0.25) is 0 Å². The zero-order chi connectivity index (χ0) is 27.6. The summed E-state index contributed by atoms with van der Waals surface area (Å²) in [5.74, 6) is -1.87. The highest BCUT2D eigenvalue weighted by molar-refractivity contribution is 6.05. The maximum Gasteiger partial charge on any atom is 0.407 e. The van der Waals surface area contributed by atoms with E-state index in [9.17, 15) is 24.3 Å². The number of carbonyl (C=O) groups excluding carboxylic acids is 4. The fourth-order valence-electron chi connectivity index (χ4n) is 5.53. The van der Waals surface area contributed by atoms with E-state index in [1.54, 1.807) is 52.1 Å². The van der Waals surface area contributed by atoms with Crippen molar-refractivity contribution in [2.24, 2.45) is 16.7 Å². The molecule has 1 aromatic carbocycles. The normalized spacial score (nSPS) is 24.0. The SMILES string of the molecule is COC(=O)C1(C(=O)OC)C[C@]12CCC(=O)[C@@H]([C@H](O)[C@H](Cc1ccc(OC)cc1)NC(=O)OC(C)(C)C)C2. The Kier molecular flexibility index (Phi) is 8.21. The van der Waals surface area contributed by atoms with Gasteiger partial charge in [-0.3, -0.25) is 14.4 Å². The Labute approximate surface area is 217 Å². The molecular weight excluding hydrogens is 482 g/mol. The van der Waals surface area contributed by atoms with E-state index in [1.807, 2.05) is 0 Å². The van der Waals surface area contributed by atoms with Gasteiger partial charge in [-0.25, -0.2) is 4.79 Å². The van der Waals surface area contributed by atoms with E-state index in [0.717, 1.165) is 5.56 Å². The minimum Gasteiger partial charge on any atom is -0.497 e. The van der Waals surface area contributed by atoms with Gasteiger partial charge >= 0.3 is 18.0 Å². The van der Waals surface area contributed by atoms with Crippen LogP contribution in [0.1, 0.15) is 52.0 Å². The Morgan fingerprint density at radius 3 is 2.19 bits per heavy atom. The van der Waals surface area contributed by atoms with Crippen molar-refractivity contribution in [1.29, 1.82) is 0 Å². The number of hydrogen-bond donors (Lipinski definition) is 2. The van der Waals surface area contributed by atoms with Crippen molar-refractivity contribution in [3.63, 3.8) is 0 Å². The molecule has 2 N–H and O–H groups in total. The molecule has 4 atom stereocenters. The van der Waals surface area contributed by atoms with Crippen LogP contribution in [0.3, 0.4) is 0 Å². The van der Waals surface area contributed by atoms with E-state index < -0.39 is 52.5 Å². The fraction of sp³-hybridized carbons (Fsp3) is 0.630. The molecule has 10 heteroatoms. The summed E-state index contributed by atoms with van der Waals surface area (Å²) in [7, 11) is 3.96. The molecular formula is C27H37NO9. The van der Waals surface area contributed by atoms with E-state index in [-0.39, 0.29) is 31.5 Å². The molecule has 0 bridgehead atoms. The lowest BCUT2D eigenvalue weighted by Gasteiger charge is -2.37. The quantitative estimate of drug-likeness (QED) is 0.301. The average Bonchev–Trinajstić information content (AvgIpc) is 3.51. The standard InChI is InChI=1S/C27H37NO9/c1-25(2,3)37-24(33)28-19(13-16-7-9-17(34-4)10-8-16)21(30)18-14-26(12-11-20(18)29)15-27(26,22(31)35-5)23(32)36-6/h7-10,18-19,21,30H,11-15H2,1-6H3,(H,28,33)/t18-,19-,21-,26+/m0/s1. The number of alkyl carbamates (subject to hydrolysis) is 1. The van der Waals surface area contributed by atoms with Crippen molar-refractivity contribution in [2.75, 3.05) is 21.3 Å². The molecule has 2 aliphatic rings. The number of amides is 1. The van der Waals surface area contributed by atoms with Crippen LogP contribution in [-0.4, -0.2) is 68.0 Å². The average molecular weight is 520 g/mol. The van der Waals surface area contributed by atoms with Crippen LogP contribution in [-0.2, 0) is 35.0 Å². The molecule has 1 spiro atoms. The smallest absolute Gasteiger partial charge is 0.407 e. The van der Waals surface area contributed by atoms with Gasteiger partial charge in [-0.2, -0.15) is 0 Å². The van der Waals surface area contributed by atoms with Crippen LogP contribution in [0, 0.1) is 16.7 Å². The van der Waals surface area contributed by atoms with Crippen LogP contribution in [0.2, 0.25) is 0 Å². The van der Waals surface area contributed by atoms with Crippen LogP contribution >= 0.6 is 0 Å². The van der Waals surface area contributed by atoms with E-state index >= 15 is 0 Å². The number of nitrogens with one attached hydrogen (secondary N) is 1. The predicted octanol–water partition coefficient (Wildman–Crippen LogP) is 2.58. The molecule has 3 rings (SSSR count). The topological polar surface area (TPSA) is 137 Å². The van der Waals surface area contributed by atoms with Crippen LogP contribution in [0.15, 0.2) is 24.3 Å². The van der Waals surface area contributed by atoms with Gasteiger partial charge in [-0.1, -0.05) is 12.1 Å². The second-order valence-electron chi connectivity index (χ2n) is 10.9. The summed E-state index contributed by atoms with van der Waals surface area (Å²) in [6, 6.07) is 6.26. The molecule has 2 aliphatic carbocycles. The summed E-state index contributed by atoms with van der Waals surface area (Å²) in [6.45, 7) is 5.17. The Morgan fingerprint density at radius 1 is 1.08 bits per heavy atom. The first-order chi connectivity index (χ1) is 17.3. The maximum atomic E-state index is 13.0. The number of carbonyl (C=O) groups is 4. The number of rotatable bonds is 8. The monoisotopic (exact) mass is 519 g/mol. The minimum atomic E-state index is -1.50. The molecule has 1 amide bonds. The Hall–Kier alpha value is -3.14. The number of aliphatic hydroxyl groups excluding tert-OH is 1. The number of hydrogen-bond acceptors (Lipinski definition) is 9. The Bertz CT molecular complexity index is 1010. The molecule has 1 aromatic rings. The molecule has 37 heavy (non-hydrogen) atoms. The summed E-state index contributed by atoms with van der Waals surface area (Å²) < 4.78 is 20.4. The van der Waals surface area contributed by atoms with Crippen LogP contribution in [0.4, 0.5) is 4.79 Å². The van der Waals surface area contributed by atoms with E-state index in [1.165, 1.54) is 14.2 Å². The summed E-state index contributed by atoms with van der Waals surface area (Å²) in [6.07, 6.45) is -1.16. The van der Waals surface area contributed by atoms with E-state index in [4.69, 9.17) is 18.9 Å². The molecule has 0 unspecified atom stereocenters. The molecule has 0 aromatic heterocycles. The first kappa shape index (κ1) is 28.4. The number of esters is 2. The molecule has 10 nitrogen and oxygen atoms in total. The molecule has 0 aliphatic heterocycles. The molecule has 2 saturated carbocycles. The highest BCUT2D eigenvalue weighted by Crippen LogP contribution is 2.72. The highest BCUT2D eigenvalue weighted by Gasteiger charge is 2.79. The second kappa shape index (κ2) is 10.7. The molecule has 2 fully saturated rings. The van der Waals surface area contributed by atoms with Gasteiger partial charge in [0.05, 0.1) is 33.5 Å². The number of ether oxygens (including phenoxy) is 4. The molecule has 0 saturated heterocycles. The lowest BCUT2D eigenvalue weighted by Crippen LogP contribution is -2.52. The van der Waals surface area contributed by atoms with Gasteiger partial charge in [0.25, 0.3) is 0 Å². The highest BCUT2D eigenvalue weighted by atomic mass is 16.6. The van der Waals surface area contributed by atoms with E-state index in [2.05, 4.69) is 5.32 Å². The number of methoxy groups -OCH3 is 3. The molecule has 0 heterocycles. The van der Waals surface area contributed by atoms with Crippen LogP contribution < -0.4 is 10.1 Å². The van der Waals surface area contributed by atoms with Gasteiger partial charge < -0.3 is 29.4 Å². The number of benzene rings is 1. The van der Waals surface area contributed by atoms with Crippen molar-refractivity contribution < 1.29 is 43.2 Å². The first-order valence-electron chi connectivity index (χ1n) is 12.3. The van der Waals surface area contributed by atoms with Crippen molar-refractivity contribution in [2.45, 2.75) is 70.6 Å². The zero-order valence-corrected chi connectivity index (χ0v) is 22.3. The van der Waals surface area contributed by atoms with Gasteiger partial charge in [0.15, 0.2) is 5.41 Å². The molecule has 0 radical (unpaired) electrons. The third-order valence-corrected chi connectivity index (χ3v) is 7.47. The van der Waals surface area contributed by atoms with Crippen molar-refractivity contribution in [3.8, 4) is 5.75 Å². The second-order valence-corrected chi connectivity index (χ2v) is 10.9. The fourth-order valence-corrected chi connectivity index (χ4v) is 5.53. The Balaban J connectivity index is 1.88. The number of Topliss-reactive ketones (excluding diaryl/α,β-unsaturated/α-hetero) is 1. The van der Waals surface area contributed by atoms with Crippen molar-refractivity contribution >= 4 is 23.8 Å². The maximum absolute atomic E-state index is 13.0. The number of aliphatic hydroxyl groups is 1. The van der Waals surface area contributed by atoms with Gasteiger partial charge in [-0.15, -0.1) is 0 Å². The van der Waals surface area contributed by atoms with Gasteiger partial charge in [0, 0.05) is 17.8 Å². The summed E-state index contributed by atoms with van der Waals surface area (Å²) in [4.78, 5) is 51.1. The zero-order valence-electron chi connectivity index (χ0n) is 22.3. The van der Waals surface area contributed by atoms with Gasteiger partial charge in [-0.05, 0) is 64.2 Å². The third-order valence-electron chi connectivity index (χ3n) is 7.47. The van der Waals surface area contributed by atoms with Gasteiger partial charge in [0.1, 0.15) is 17.1 Å². The lowest BCUT2D eigenvalue weighted by atomic mass is 9.70. The lowest BCUT2D eigenvalue weighted by molar-refractivity contribution is -0.165. The Morgan fingerprint density at radius 2 is 1.68 bits per heavy atom. The van der Waals surface area contributed by atoms with Crippen molar-refractivity contribution in [1.82, 2.24) is 5.32 Å². The first-order valence-corrected chi connectivity index (χ1v) is 12.3. The predicted molar refractivity (Wildman–Crippen MR) is 132 cm³/mol. The summed E-state index contributed by atoms with van der Waals surface area (Å²) in [5.41, 5.74) is -2.33.